The summed E-state index contributed by atoms with van der Waals surface area (Å²) >= 11 is 11.8. The second-order valence-electron chi connectivity index (χ2n) is 6.33. The number of hydrogen-bond acceptors (Lipinski definition) is 6. The molecule has 2 amide bonds. The number of carbonyl (C=O) groups excluding carboxylic acids is 2. The van der Waals surface area contributed by atoms with E-state index in [1.165, 1.54) is 30.3 Å². The summed E-state index contributed by atoms with van der Waals surface area (Å²) < 4.78 is 0. The van der Waals surface area contributed by atoms with Gasteiger partial charge in [-0.1, -0.05) is 35.3 Å². The van der Waals surface area contributed by atoms with Crippen LogP contribution in [0.4, 0.5) is 11.4 Å². The highest BCUT2D eigenvalue weighted by molar-refractivity contribution is 6.34. The van der Waals surface area contributed by atoms with Crippen LogP contribution in [-0.4, -0.2) is 28.1 Å². The first kappa shape index (κ1) is 22.7. The first-order valence-electron chi connectivity index (χ1n) is 8.92. The van der Waals surface area contributed by atoms with E-state index in [9.17, 15) is 24.8 Å². The van der Waals surface area contributed by atoms with Gasteiger partial charge in [0.25, 0.3) is 11.8 Å². The summed E-state index contributed by atoms with van der Waals surface area (Å²) in [6.45, 7) is 0. The van der Waals surface area contributed by atoms with Gasteiger partial charge in [-0.2, -0.15) is 5.10 Å². The molecule has 9 nitrogen and oxygen atoms in total. The largest absolute Gasteiger partial charge is 0.502 e. The lowest BCUT2D eigenvalue weighted by Crippen LogP contribution is -2.18. The first-order chi connectivity index (χ1) is 15.3. The maximum atomic E-state index is 12.3. The predicted octanol–water partition coefficient (Wildman–Crippen LogP) is 4.62. The summed E-state index contributed by atoms with van der Waals surface area (Å²) in [7, 11) is 0. The Kier molecular flexibility index (Phi) is 7.04. The molecule has 3 rings (SSSR count). The van der Waals surface area contributed by atoms with E-state index in [2.05, 4.69) is 15.8 Å². The third kappa shape index (κ3) is 5.39. The number of nitro groups is 1. The minimum Gasteiger partial charge on any atom is -0.502 e. The monoisotopic (exact) mass is 472 g/mol. The number of phenols is 1. The minimum atomic E-state index is -0.788. The van der Waals surface area contributed by atoms with E-state index < -0.39 is 28.2 Å². The molecule has 0 unspecified atom stereocenters. The molecule has 0 spiro atoms. The van der Waals surface area contributed by atoms with Gasteiger partial charge in [0.1, 0.15) is 0 Å². The molecule has 3 aromatic carbocycles. The summed E-state index contributed by atoms with van der Waals surface area (Å²) in [5.41, 5.74) is 2.61. The van der Waals surface area contributed by atoms with Gasteiger partial charge in [0.2, 0.25) is 5.75 Å². The zero-order chi connectivity index (χ0) is 23.3. The smallest absolute Gasteiger partial charge is 0.312 e. The molecular formula is C21H14Cl2N4O5. The Bertz CT molecular complexity index is 1230. The van der Waals surface area contributed by atoms with Crippen molar-refractivity contribution in [3.8, 4) is 5.75 Å². The molecule has 11 heteroatoms. The number of halogens is 2. The molecule has 0 heterocycles. The number of nitrogens with zero attached hydrogens (tertiary/aromatic N) is 2. The number of carbonyl (C=O) groups is 2. The maximum Gasteiger partial charge on any atom is 0.312 e. The second kappa shape index (κ2) is 9.90. The van der Waals surface area contributed by atoms with Crippen molar-refractivity contribution < 1.29 is 19.6 Å². The summed E-state index contributed by atoms with van der Waals surface area (Å²) in [5, 5.41) is 27.6. The first-order valence-corrected chi connectivity index (χ1v) is 9.68. The molecule has 0 aliphatic rings. The Morgan fingerprint density at radius 2 is 1.72 bits per heavy atom. The van der Waals surface area contributed by atoms with Crippen LogP contribution in [0.3, 0.4) is 0 Å². The van der Waals surface area contributed by atoms with E-state index in [1.807, 2.05) is 0 Å². The van der Waals surface area contributed by atoms with Crippen molar-refractivity contribution in [3.05, 3.63) is 97.5 Å². The quantitative estimate of drug-likeness (QED) is 0.273. The standard InChI is InChI=1S/C21H14Cl2N4O5/c22-14-9-13(19(28)18(10-14)27(31)32)11-24-26-20(29)12-5-7-15(8-6-12)25-21(30)16-3-1-2-4-17(16)23/h1-11,28H,(H,25,30)(H,26,29)/b24-11-. The second-order valence-corrected chi connectivity index (χ2v) is 7.17. The molecule has 0 saturated heterocycles. The third-order valence-corrected chi connectivity index (χ3v) is 4.72. The van der Waals surface area contributed by atoms with Crippen molar-refractivity contribution in [2.24, 2.45) is 5.10 Å². The number of rotatable bonds is 6. The molecule has 3 N–H and O–H groups in total. The predicted molar refractivity (Wildman–Crippen MR) is 121 cm³/mol. The highest BCUT2D eigenvalue weighted by Crippen LogP contribution is 2.32. The van der Waals surface area contributed by atoms with Crippen molar-refractivity contribution in [2.45, 2.75) is 0 Å². The highest BCUT2D eigenvalue weighted by atomic mass is 35.5. The average Bonchev–Trinajstić information content (AvgIpc) is 2.76. The molecule has 0 aliphatic carbocycles. The molecule has 32 heavy (non-hydrogen) atoms. The zero-order valence-corrected chi connectivity index (χ0v) is 17.6. The number of anilines is 1. The Balaban J connectivity index is 1.65. The molecule has 3 aromatic rings. The summed E-state index contributed by atoms with van der Waals surface area (Å²) in [6, 6.07) is 14.8. The van der Waals surface area contributed by atoms with E-state index in [4.69, 9.17) is 23.2 Å². The number of benzene rings is 3. The van der Waals surface area contributed by atoms with Crippen LogP contribution >= 0.6 is 23.2 Å². The summed E-state index contributed by atoms with van der Waals surface area (Å²) in [4.78, 5) is 34.7. The maximum absolute atomic E-state index is 12.3. The molecular weight excluding hydrogens is 459 g/mol. The van der Waals surface area contributed by atoms with Gasteiger partial charge in [0.05, 0.1) is 21.7 Å². The topological polar surface area (TPSA) is 134 Å². The molecule has 0 fully saturated rings. The summed E-state index contributed by atoms with van der Waals surface area (Å²) in [6.07, 6.45) is 1.03. The van der Waals surface area contributed by atoms with Gasteiger partial charge in [-0.05, 0) is 42.5 Å². The fraction of sp³-hybridized carbons (Fsp3) is 0. The number of aromatic hydroxyl groups is 1. The normalized spacial score (nSPS) is 10.7. The number of nitro benzene ring substituents is 1. The van der Waals surface area contributed by atoms with Crippen LogP contribution in [-0.2, 0) is 0 Å². The van der Waals surface area contributed by atoms with Crippen LogP contribution in [0.25, 0.3) is 0 Å². The lowest BCUT2D eigenvalue weighted by Gasteiger charge is -2.07. The van der Waals surface area contributed by atoms with Crippen molar-refractivity contribution in [1.82, 2.24) is 5.43 Å². The fourth-order valence-corrected chi connectivity index (χ4v) is 3.06. The van der Waals surface area contributed by atoms with E-state index in [0.29, 0.717) is 16.3 Å². The van der Waals surface area contributed by atoms with Crippen molar-refractivity contribution >= 4 is 52.6 Å². The van der Waals surface area contributed by atoms with Crippen molar-refractivity contribution in [1.29, 1.82) is 0 Å². The van der Waals surface area contributed by atoms with Gasteiger partial charge in [-0.25, -0.2) is 5.43 Å². The molecule has 0 radical (unpaired) electrons. The zero-order valence-electron chi connectivity index (χ0n) is 16.1. The van der Waals surface area contributed by atoms with Crippen LogP contribution in [0.2, 0.25) is 10.0 Å². The van der Waals surface area contributed by atoms with Gasteiger partial charge in [0, 0.05) is 27.9 Å². The summed E-state index contributed by atoms with van der Waals surface area (Å²) in [5.74, 6) is -1.61. The van der Waals surface area contributed by atoms with E-state index in [0.717, 1.165) is 12.3 Å². The average molecular weight is 473 g/mol. The van der Waals surface area contributed by atoms with Crippen molar-refractivity contribution in [2.75, 3.05) is 5.32 Å². The Morgan fingerprint density at radius 3 is 2.38 bits per heavy atom. The third-order valence-electron chi connectivity index (χ3n) is 4.17. The molecule has 0 aliphatic heterocycles. The number of phenolic OH excluding ortho intramolecular Hbond substituents is 1. The SMILES string of the molecule is O=C(N/N=C\c1cc(Cl)cc([N+](=O)[O-])c1O)c1ccc(NC(=O)c2ccccc2Cl)cc1. The number of hydrazone groups is 1. The molecule has 0 aromatic heterocycles. The minimum absolute atomic E-state index is 0.0247. The molecule has 0 atom stereocenters. The molecule has 0 saturated carbocycles. The Morgan fingerprint density at radius 1 is 1.03 bits per heavy atom. The fourth-order valence-electron chi connectivity index (χ4n) is 2.62. The van der Waals surface area contributed by atoms with Crippen LogP contribution in [0.5, 0.6) is 5.75 Å². The van der Waals surface area contributed by atoms with Crippen LogP contribution in [0.15, 0.2) is 65.8 Å². The number of nitrogens with one attached hydrogen (secondary N) is 2. The van der Waals surface area contributed by atoms with Gasteiger partial charge in [-0.3, -0.25) is 19.7 Å². The lowest BCUT2D eigenvalue weighted by atomic mass is 10.1. The van der Waals surface area contributed by atoms with Gasteiger partial charge in [-0.15, -0.1) is 0 Å². The highest BCUT2D eigenvalue weighted by Gasteiger charge is 2.18. The van der Waals surface area contributed by atoms with Gasteiger partial charge >= 0.3 is 5.69 Å². The molecule has 162 valence electrons. The van der Waals surface area contributed by atoms with Gasteiger partial charge < -0.3 is 10.4 Å². The Labute approximate surface area is 191 Å². The lowest BCUT2D eigenvalue weighted by molar-refractivity contribution is -0.385. The van der Waals surface area contributed by atoms with Crippen LogP contribution in [0, 0.1) is 10.1 Å². The van der Waals surface area contributed by atoms with Gasteiger partial charge in [0.15, 0.2) is 0 Å². The number of hydrogen-bond donors (Lipinski definition) is 3. The van der Waals surface area contributed by atoms with Crippen LogP contribution in [0.1, 0.15) is 26.3 Å². The van der Waals surface area contributed by atoms with Crippen molar-refractivity contribution in [3.63, 3.8) is 0 Å². The van der Waals surface area contributed by atoms with E-state index in [-0.39, 0.29) is 16.1 Å². The molecule has 0 bridgehead atoms. The van der Waals surface area contributed by atoms with E-state index >= 15 is 0 Å². The van der Waals surface area contributed by atoms with E-state index in [1.54, 1.807) is 24.3 Å². The number of amides is 2. The Hall–Kier alpha value is -3.95. The van der Waals surface area contributed by atoms with Crippen LogP contribution < -0.4 is 10.7 Å².